The van der Waals surface area contributed by atoms with Gasteiger partial charge in [0.2, 0.25) is 0 Å². The Balaban J connectivity index is 1.68. The van der Waals surface area contributed by atoms with E-state index in [0.29, 0.717) is 37.2 Å². The average molecular weight is 441 g/mol. The molecule has 5 nitrogen and oxygen atoms in total. The fourth-order valence-electron chi connectivity index (χ4n) is 3.52. The number of alkyl halides is 2. The lowest BCUT2D eigenvalue weighted by Crippen LogP contribution is -2.45. The number of carbonyl (C=O) groups is 1. The summed E-state index contributed by atoms with van der Waals surface area (Å²) < 4.78 is 27.7. The van der Waals surface area contributed by atoms with Crippen LogP contribution in [0.2, 0.25) is 0 Å². The Bertz CT molecular complexity index is 799. The van der Waals surface area contributed by atoms with Crippen molar-refractivity contribution in [2.75, 3.05) is 19.6 Å². The molecule has 3 rings (SSSR count). The molecule has 1 saturated heterocycles. The van der Waals surface area contributed by atoms with E-state index in [1.807, 2.05) is 38.1 Å². The average Bonchev–Trinajstić information content (AvgIpc) is 2.91. The van der Waals surface area contributed by atoms with Crippen molar-refractivity contribution in [3.05, 3.63) is 45.7 Å². The Labute approximate surface area is 165 Å². The number of nitrogens with one attached hydrogen (secondary N) is 1. The zero-order chi connectivity index (χ0) is 19.6. The molecule has 8 heteroatoms. The molecule has 0 bridgehead atoms. The van der Waals surface area contributed by atoms with Crippen LogP contribution in [0.4, 0.5) is 8.78 Å². The highest BCUT2D eigenvalue weighted by atomic mass is 79.9. The molecular formula is C19H23BrF2N4O. The predicted molar refractivity (Wildman–Crippen MR) is 104 cm³/mol. The van der Waals surface area contributed by atoms with Crippen LogP contribution in [0.3, 0.4) is 0 Å². The van der Waals surface area contributed by atoms with Crippen molar-refractivity contribution < 1.29 is 13.6 Å². The highest BCUT2D eigenvalue weighted by Gasteiger charge is 2.25. The maximum Gasteiger partial charge on any atom is 0.255 e. The van der Waals surface area contributed by atoms with Crippen LogP contribution in [-0.2, 0) is 0 Å². The van der Waals surface area contributed by atoms with Crippen LogP contribution in [0.5, 0.6) is 0 Å². The second-order valence-electron chi connectivity index (χ2n) is 6.87. The smallest absolute Gasteiger partial charge is 0.255 e. The number of carbonyl (C=O) groups excluding carboxylic acids is 1. The molecule has 0 saturated carbocycles. The van der Waals surface area contributed by atoms with Gasteiger partial charge in [0.15, 0.2) is 0 Å². The summed E-state index contributed by atoms with van der Waals surface area (Å²) in [6.07, 6.45) is -0.958. The van der Waals surface area contributed by atoms with E-state index in [0.717, 1.165) is 15.9 Å². The molecule has 0 unspecified atom stereocenters. The molecule has 146 valence electrons. The van der Waals surface area contributed by atoms with Crippen molar-refractivity contribution in [2.24, 2.45) is 0 Å². The van der Waals surface area contributed by atoms with E-state index in [9.17, 15) is 13.6 Å². The Kier molecular flexibility index (Phi) is 6.26. The minimum Gasteiger partial charge on any atom is -0.349 e. The fourth-order valence-corrected chi connectivity index (χ4v) is 3.78. The number of rotatable bonds is 5. The third-order valence-electron chi connectivity index (χ3n) is 4.91. The largest absolute Gasteiger partial charge is 0.349 e. The standard InChI is InChI=1S/C19H23BrF2N4O/c1-12-18(13(2)26(24-12)16-5-3-14(20)4-6-16)19(27)23-15-7-9-25(10-8-15)11-17(21)22/h3-6,15,17H,7-11H2,1-2H3,(H,23,27). The summed E-state index contributed by atoms with van der Waals surface area (Å²) in [5.41, 5.74) is 2.91. The van der Waals surface area contributed by atoms with Gasteiger partial charge >= 0.3 is 0 Å². The minimum absolute atomic E-state index is 0.00116. The molecule has 1 aliphatic rings. The van der Waals surface area contributed by atoms with E-state index in [1.54, 1.807) is 9.58 Å². The Hall–Kier alpha value is -1.80. The summed E-state index contributed by atoms with van der Waals surface area (Å²) in [5.74, 6) is -0.152. The molecule has 0 aliphatic carbocycles. The van der Waals surface area contributed by atoms with E-state index in [1.165, 1.54) is 0 Å². The van der Waals surface area contributed by atoms with E-state index in [-0.39, 0.29) is 18.5 Å². The molecule has 27 heavy (non-hydrogen) atoms. The van der Waals surface area contributed by atoms with Gasteiger partial charge in [-0.1, -0.05) is 15.9 Å². The first-order valence-electron chi connectivity index (χ1n) is 8.98. The Morgan fingerprint density at radius 1 is 1.26 bits per heavy atom. The number of aryl methyl sites for hydroxylation is 1. The van der Waals surface area contributed by atoms with Crippen molar-refractivity contribution in [2.45, 2.75) is 39.2 Å². The molecule has 2 heterocycles. The lowest BCUT2D eigenvalue weighted by molar-refractivity contribution is 0.0696. The molecule has 1 N–H and O–H groups in total. The minimum atomic E-state index is -2.31. The maximum atomic E-state index is 12.8. The SMILES string of the molecule is Cc1nn(-c2ccc(Br)cc2)c(C)c1C(=O)NC1CCN(CC(F)F)CC1. The van der Waals surface area contributed by atoms with Gasteiger partial charge in [-0.2, -0.15) is 5.10 Å². The topological polar surface area (TPSA) is 50.2 Å². The van der Waals surface area contributed by atoms with Gasteiger partial charge in [0.1, 0.15) is 0 Å². The lowest BCUT2D eigenvalue weighted by atomic mass is 10.0. The molecule has 2 aromatic rings. The number of piperidine rings is 1. The summed E-state index contributed by atoms with van der Waals surface area (Å²) in [5, 5.41) is 7.57. The third kappa shape index (κ3) is 4.73. The number of benzene rings is 1. The van der Waals surface area contributed by atoms with Crippen molar-refractivity contribution >= 4 is 21.8 Å². The monoisotopic (exact) mass is 440 g/mol. The first-order chi connectivity index (χ1) is 12.8. The van der Waals surface area contributed by atoms with Gasteiger partial charge in [0.05, 0.1) is 29.2 Å². The normalized spacial score (nSPS) is 16.1. The number of hydrogen-bond donors (Lipinski definition) is 1. The van der Waals surface area contributed by atoms with Crippen LogP contribution in [0.25, 0.3) is 5.69 Å². The molecule has 0 atom stereocenters. The van der Waals surface area contributed by atoms with Crippen molar-refractivity contribution in [1.29, 1.82) is 0 Å². The van der Waals surface area contributed by atoms with Crippen LogP contribution in [0.1, 0.15) is 34.6 Å². The molecule has 1 aliphatic heterocycles. The molecular weight excluding hydrogens is 418 g/mol. The zero-order valence-corrected chi connectivity index (χ0v) is 17.0. The summed E-state index contributed by atoms with van der Waals surface area (Å²) in [6, 6.07) is 7.73. The van der Waals surface area contributed by atoms with Gasteiger partial charge in [-0.15, -0.1) is 0 Å². The zero-order valence-electron chi connectivity index (χ0n) is 15.4. The molecule has 1 aromatic heterocycles. The number of nitrogens with zero attached hydrogens (tertiary/aromatic N) is 3. The van der Waals surface area contributed by atoms with Crippen LogP contribution in [-0.4, -0.2) is 52.7 Å². The van der Waals surface area contributed by atoms with E-state index in [2.05, 4.69) is 26.3 Å². The summed E-state index contributed by atoms with van der Waals surface area (Å²) in [7, 11) is 0. The van der Waals surface area contributed by atoms with Crippen LogP contribution in [0.15, 0.2) is 28.7 Å². The van der Waals surface area contributed by atoms with Gasteiger partial charge in [0, 0.05) is 23.6 Å². The molecule has 1 amide bonds. The molecule has 1 aromatic carbocycles. The summed E-state index contributed by atoms with van der Waals surface area (Å²) in [4.78, 5) is 14.6. The van der Waals surface area contributed by atoms with Gasteiger partial charge in [0.25, 0.3) is 12.3 Å². The Morgan fingerprint density at radius 3 is 2.48 bits per heavy atom. The third-order valence-corrected chi connectivity index (χ3v) is 5.44. The predicted octanol–water partition coefficient (Wildman–Crippen LogP) is 3.71. The van der Waals surface area contributed by atoms with E-state index < -0.39 is 6.43 Å². The Morgan fingerprint density at radius 2 is 1.89 bits per heavy atom. The van der Waals surface area contributed by atoms with Gasteiger partial charge in [-0.3, -0.25) is 9.69 Å². The lowest BCUT2D eigenvalue weighted by Gasteiger charge is -2.32. The van der Waals surface area contributed by atoms with Crippen molar-refractivity contribution in [3.63, 3.8) is 0 Å². The second kappa shape index (κ2) is 8.48. The molecule has 1 fully saturated rings. The van der Waals surface area contributed by atoms with Crippen LogP contribution >= 0.6 is 15.9 Å². The first-order valence-corrected chi connectivity index (χ1v) is 9.78. The van der Waals surface area contributed by atoms with Gasteiger partial charge < -0.3 is 5.32 Å². The second-order valence-corrected chi connectivity index (χ2v) is 7.79. The van der Waals surface area contributed by atoms with Gasteiger partial charge in [-0.05, 0) is 51.0 Å². The van der Waals surface area contributed by atoms with Gasteiger partial charge in [-0.25, -0.2) is 13.5 Å². The summed E-state index contributed by atoms with van der Waals surface area (Å²) >= 11 is 3.41. The highest BCUT2D eigenvalue weighted by Crippen LogP contribution is 2.21. The molecule has 0 radical (unpaired) electrons. The maximum absolute atomic E-state index is 12.8. The number of likely N-dealkylation sites (tertiary alicyclic amines) is 1. The van der Waals surface area contributed by atoms with Crippen molar-refractivity contribution in [3.8, 4) is 5.69 Å². The van der Waals surface area contributed by atoms with Crippen molar-refractivity contribution in [1.82, 2.24) is 20.0 Å². The van der Waals surface area contributed by atoms with Crippen LogP contribution in [0, 0.1) is 13.8 Å². The van der Waals surface area contributed by atoms with Crippen LogP contribution < -0.4 is 5.32 Å². The number of amides is 1. The molecule has 0 spiro atoms. The quantitative estimate of drug-likeness (QED) is 0.770. The van der Waals surface area contributed by atoms with E-state index >= 15 is 0 Å². The number of halogens is 3. The first kappa shape index (κ1) is 19.9. The number of hydrogen-bond acceptors (Lipinski definition) is 3. The highest BCUT2D eigenvalue weighted by molar-refractivity contribution is 9.10. The fraction of sp³-hybridized carbons (Fsp3) is 0.474. The number of aromatic nitrogens is 2. The summed E-state index contributed by atoms with van der Waals surface area (Å²) in [6.45, 7) is 4.65. The van der Waals surface area contributed by atoms with E-state index in [4.69, 9.17) is 0 Å².